The van der Waals surface area contributed by atoms with Gasteiger partial charge >= 0.3 is 0 Å². The van der Waals surface area contributed by atoms with Crippen LogP contribution in [0.4, 0.5) is 0 Å². The van der Waals surface area contributed by atoms with Gasteiger partial charge in [-0.05, 0) is 48.2 Å². The highest BCUT2D eigenvalue weighted by Gasteiger charge is 2.30. The molecule has 0 N–H and O–H groups in total. The fourth-order valence-electron chi connectivity index (χ4n) is 5.77. The summed E-state index contributed by atoms with van der Waals surface area (Å²) < 4.78 is 11.0. The second kappa shape index (κ2) is 7.19. The van der Waals surface area contributed by atoms with E-state index in [0.29, 0.717) is 0 Å². The minimum atomic E-state index is 0.848. The number of aryl methyl sites for hydroxylation is 2. The van der Waals surface area contributed by atoms with Crippen LogP contribution >= 0.6 is 0 Å². The standard InChI is InChI=1S/C31H25N2O/c1-20-16-22(18-23-9-7-12-27-26-11-5-6-13-28(26)34-30(23)27)17-21(2)29(20)33-15-14-32-19-24-8-3-4-10-25(24)31(32)33/h3-17H,18-19H2,1-2H3/q+1. The molecule has 2 aromatic heterocycles. The van der Waals surface area contributed by atoms with Crippen LogP contribution in [0.25, 0.3) is 39.0 Å². The van der Waals surface area contributed by atoms with Crippen LogP contribution < -0.4 is 4.57 Å². The zero-order valence-corrected chi connectivity index (χ0v) is 19.4. The molecule has 0 spiro atoms. The van der Waals surface area contributed by atoms with E-state index in [2.05, 4.69) is 102 Å². The van der Waals surface area contributed by atoms with Crippen LogP contribution in [0.2, 0.25) is 0 Å². The maximum atomic E-state index is 6.28. The minimum absolute atomic E-state index is 0.848. The van der Waals surface area contributed by atoms with Crippen molar-refractivity contribution in [2.75, 3.05) is 0 Å². The van der Waals surface area contributed by atoms with Crippen LogP contribution in [-0.4, -0.2) is 4.57 Å². The summed E-state index contributed by atoms with van der Waals surface area (Å²) in [4.78, 5) is 0. The maximum Gasteiger partial charge on any atom is 0.294 e. The van der Waals surface area contributed by atoms with Gasteiger partial charge in [0, 0.05) is 22.8 Å². The molecule has 0 fully saturated rings. The molecule has 3 heteroatoms. The fourth-order valence-corrected chi connectivity index (χ4v) is 5.77. The van der Waals surface area contributed by atoms with Crippen LogP contribution in [0.5, 0.6) is 0 Å². The number of aromatic nitrogens is 2. The Morgan fingerprint density at radius 1 is 0.853 bits per heavy atom. The molecule has 7 rings (SSSR count). The Kier molecular flexibility index (Phi) is 4.10. The Morgan fingerprint density at radius 3 is 2.50 bits per heavy atom. The number of benzene rings is 4. The number of para-hydroxylation sites is 2. The molecule has 0 radical (unpaired) electrons. The topological polar surface area (TPSA) is 21.9 Å². The first kappa shape index (κ1) is 19.4. The summed E-state index contributed by atoms with van der Waals surface area (Å²) in [5.74, 6) is 1.27. The molecular formula is C31H25N2O+. The lowest BCUT2D eigenvalue weighted by Crippen LogP contribution is -2.30. The second-order valence-electron chi connectivity index (χ2n) is 9.42. The minimum Gasteiger partial charge on any atom is -0.456 e. The second-order valence-corrected chi connectivity index (χ2v) is 9.42. The van der Waals surface area contributed by atoms with Crippen molar-refractivity contribution < 1.29 is 8.98 Å². The first-order chi connectivity index (χ1) is 16.7. The average Bonchev–Trinajstić information content (AvgIpc) is 3.51. The summed E-state index contributed by atoms with van der Waals surface area (Å²) in [6.07, 6.45) is 5.25. The van der Waals surface area contributed by atoms with Crippen molar-refractivity contribution in [1.82, 2.24) is 4.57 Å². The molecule has 0 bridgehead atoms. The Hall–Kier alpha value is -4.11. The highest BCUT2D eigenvalue weighted by atomic mass is 16.3. The normalized spacial score (nSPS) is 12.4. The van der Waals surface area contributed by atoms with Crippen molar-refractivity contribution in [2.24, 2.45) is 0 Å². The van der Waals surface area contributed by atoms with E-state index in [9.17, 15) is 0 Å². The summed E-state index contributed by atoms with van der Waals surface area (Å²) in [6, 6.07) is 28.2. The van der Waals surface area contributed by atoms with Gasteiger partial charge in [0.1, 0.15) is 35.8 Å². The average molecular weight is 442 g/mol. The number of hydrogen-bond donors (Lipinski definition) is 0. The lowest BCUT2D eigenvalue weighted by Gasteiger charge is -2.11. The lowest BCUT2D eigenvalue weighted by molar-refractivity contribution is -0.671. The van der Waals surface area contributed by atoms with Gasteiger partial charge in [-0.25, -0.2) is 4.57 Å². The molecule has 0 aliphatic carbocycles. The zero-order chi connectivity index (χ0) is 22.8. The summed E-state index contributed by atoms with van der Waals surface area (Å²) in [7, 11) is 0. The molecule has 1 aliphatic rings. The van der Waals surface area contributed by atoms with Crippen LogP contribution in [-0.2, 0) is 13.0 Å². The summed E-state index contributed by atoms with van der Waals surface area (Å²) in [5.41, 5.74) is 11.0. The van der Waals surface area contributed by atoms with E-state index >= 15 is 0 Å². The molecule has 164 valence electrons. The molecule has 0 saturated carbocycles. The van der Waals surface area contributed by atoms with Crippen molar-refractivity contribution in [1.29, 1.82) is 0 Å². The monoisotopic (exact) mass is 441 g/mol. The lowest BCUT2D eigenvalue weighted by atomic mass is 9.97. The highest BCUT2D eigenvalue weighted by Crippen LogP contribution is 2.34. The van der Waals surface area contributed by atoms with Gasteiger partial charge in [-0.2, -0.15) is 4.57 Å². The number of nitrogens with zero attached hydrogens (tertiary/aromatic N) is 2. The predicted molar refractivity (Wildman–Crippen MR) is 137 cm³/mol. The molecular weight excluding hydrogens is 416 g/mol. The van der Waals surface area contributed by atoms with Gasteiger partial charge in [0.15, 0.2) is 0 Å². The van der Waals surface area contributed by atoms with Crippen LogP contribution in [0.15, 0.2) is 95.7 Å². The SMILES string of the molecule is Cc1cc(Cc2cccc3c2oc2ccccc23)cc(C)c1-n1cc[n+]2c1-c1ccccc1C2. The highest BCUT2D eigenvalue weighted by molar-refractivity contribution is 6.05. The van der Waals surface area contributed by atoms with E-state index in [1.807, 2.05) is 12.1 Å². The van der Waals surface area contributed by atoms with E-state index < -0.39 is 0 Å². The Labute approximate surface area is 198 Å². The Balaban J connectivity index is 1.31. The number of imidazole rings is 1. The van der Waals surface area contributed by atoms with E-state index in [1.165, 1.54) is 55.7 Å². The van der Waals surface area contributed by atoms with Gasteiger partial charge in [-0.3, -0.25) is 0 Å². The van der Waals surface area contributed by atoms with E-state index in [0.717, 1.165) is 24.1 Å². The van der Waals surface area contributed by atoms with Gasteiger partial charge in [0.25, 0.3) is 5.82 Å². The van der Waals surface area contributed by atoms with Gasteiger partial charge in [-0.15, -0.1) is 0 Å². The van der Waals surface area contributed by atoms with Crippen LogP contribution in [0.1, 0.15) is 27.8 Å². The molecule has 0 saturated heterocycles. The molecule has 0 unspecified atom stereocenters. The molecule has 6 aromatic rings. The molecule has 3 heterocycles. The number of rotatable bonds is 3. The maximum absolute atomic E-state index is 6.28. The van der Waals surface area contributed by atoms with Crippen LogP contribution in [0, 0.1) is 13.8 Å². The zero-order valence-electron chi connectivity index (χ0n) is 19.4. The van der Waals surface area contributed by atoms with Crippen LogP contribution in [0.3, 0.4) is 0 Å². The number of hydrogen-bond acceptors (Lipinski definition) is 1. The Bertz CT molecular complexity index is 1710. The first-order valence-electron chi connectivity index (χ1n) is 11.9. The summed E-state index contributed by atoms with van der Waals surface area (Å²) in [5, 5.41) is 2.37. The summed E-state index contributed by atoms with van der Waals surface area (Å²) >= 11 is 0. The van der Waals surface area contributed by atoms with Gasteiger partial charge in [0.2, 0.25) is 0 Å². The smallest absolute Gasteiger partial charge is 0.294 e. The van der Waals surface area contributed by atoms with E-state index in [4.69, 9.17) is 4.42 Å². The largest absolute Gasteiger partial charge is 0.456 e. The van der Waals surface area contributed by atoms with Crippen molar-refractivity contribution in [3.8, 4) is 17.1 Å². The molecule has 3 nitrogen and oxygen atoms in total. The van der Waals surface area contributed by atoms with Crippen molar-refractivity contribution in [2.45, 2.75) is 26.8 Å². The van der Waals surface area contributed by atoms with E-state index in [1.54, 1.807) is 0 Å². The predicted octanol–water partition coefficient (Wildman–Crippen LogP) is 6.90. The third-order valence-electron chi connectivity index (χ3n) is 7.17. The van der Waals surface area contributed by atoms with Gasteiger partial charge in [-0.1, -0.05) is 66.7 Å². The third-order valence-corrected chi connectivity index (χ3v) is 7.17. The Morgan fingerprint density at radius 2 is 1.62 bits per heavy atom. The molecule has 4 aromatic carbocycles. The molecule has 1 aliphatic heterocycles. The number of furan rings is 1. The first-order valence-corrected chi connectivity index (χ1v) is 11.9. The van der Waals surface area contributed by atoms with E-state index in [-0.39, 0.29) is 0 Å². The van der Waals surface area contributed by atoms with Crippen molar-refractivity contribution >= 4 is 21.9 Å². The van der Waals surface area contributed by atoms with Crippen molar-refractivity contribution in [3.05, 3.63) is 119 Å². The third kappa shape index (κ3) is 2.80. The summed E-state index contributed by atoms with van der Waals surface area (Å²) in [6.45, 7) is 5.40. The quantitative estimate of drug-likeness (QED) is 0.273. The molecule has 34 heavy (non-hydrogen) atoms. The van der Waals surface area contributed by atoms with Gasteiger partial charge < -0.3 is 4.42 Å². The molecule has 0 amide bonds. The van der Waals surface area contributed by atoms with Crippen molar-refractivity contribution in [3.63, 3.8) is 0 Å². The molecule has 0 atom stereocenters. The van der Waals surface area contributed by atoms with Gasteiger partial charge in [0.05, 0.1) is 5.56 Å². The number of fused-ring (bicyclic) bond motifs is 6. The fraction of sp³-hybridized carbons (Fsp3) is 0.129.